The molecule has 0 spiro atoms. The number of rotatable bonds is 3. The molecule has 0 saturated heterocycles. The Bertz CT molecular complexity index is 609. The average molecular weight is 411 g/mol. The molecule has 0 aromatic heterocycles. The van der Waals surface area contributed by atoms with Crippen LogP contribution in [0.15, 0.2) is 41.4 Å². The number of sulfone groups is 1. The lowest BCUT2D eigenvalue weighted by molar-refractivity contribution is -0.0129. The molecule has 1 N–H and O–H groups in total. The zero-order valence-electron chi connectivity index (χ0n) is 10.4. The van der Waals surface area contributed by atoms with Gasteiger partial charge in [0, 0.05) is 0 Å². The third-order valence-corrected chi connectivity index (χ3v) is 7.79. The van der Waals surface area contributed by atoms with Crippen molar-refractivity contribution in [3.63, 3.8) is 0 Å². The van der Waals surface area contributed by atoms with Crippen molar-refractivity contribution in [2.45, 2.75) is 22.0 Å². The van der Waals surface area contributed by atoms with Crippen LogP contribution in [0.4, 0.5) is 0 Å². The second-order valence-electron chi connectivity index (χ2n) is 4.70. The van der Waals surface area contributed by atoms with E-state index in [4.69, 9.17) is 4.84 Å². The quantitative estimate of drug-likeness (QED) is 0.777. The molecule has 2 rings (SSSR count). The monoisotopic (exact) mass is 409 g/mol. The fourth-order valence-electron chi connectivity index (χ4n) is 1.61. The molecule has 0 saturated carbocycles. The summed E-state index contributed by atoms with van der Waals surface area (Å²) in [5.74, 6) is 0. The minimum atomic E-state index is -3.70. The van der Waals surface area contributed by atoms with Crippen molar-refractivity contribution in [2.75, 3.05) is 0 Å². The van der Waals surface area contributed by atoms with Crippen LogP contribution < -0.4 is 5.48 Å². The second kappa shape index (κ2) is 4.87. The van der Waals surface area contributed by atoms with Gasteiger partial charge in [-0.1, -0.05) is 30.3 Å². The molecule has 0 amide bonds. The van der Waals surface area contributed by atoms with Crippen molar-refractivity contribution >= 4 is 41.7 Å². The summed E-state index contributed by atoms with van der Waals surface area (Å²) in [5.41, 5.74) is 2.40. The van der Waals surface area contributed by atoms with Crippen molar-refractivity contribution in [3.8, 4) is 0 Å². The Kier molecular flexibility index (Phi) is 3.85. The lowest BCUT2D eigenvalue weighted by atomic mass is 10.1. The lowest BCUT2D eigenvalue weighted by Crippen LogP contribution is -2.29. The molecule has 19 heavy (non-hydrogen) atoms. The number of halogens is 2. The maximum Gasteiger partial charge on any atom is 0.225 e. The van der Waals surface area contributed by atoms with Gasteiger partial charge in [-0.15, -0.1) is 0 Å². The average Bonchev–Trinajstić information content (AvgIpc) is 2.71. The van der Waals surface area contributed by atoms with Gasteiger partial charge in [0.25, 0.3) is 0 Å². The maximum absolute atomic E-state index is 12.6. The van der Waals surface area contributed by atoms with Gasteiger partial charge < -0.3 is 0 Å². The molecule has 4 nitrogen and oxygen atoms in total. The smallest absolute Gasteiger partial charge is 0.225 e. The van der Waals surface area contributed by atoms with Gasteiger partial charge in [-0.3, -0.25) is 10.3 Å². The summed E-state index contributed by atoms with van der Waals surface area (Å²) >= 11 is 6.50. The summed E-state index contributed by atoms with van der Waals surface area (Å²) in [6, 6.07) is 8.83. The van der Waals surface area contributed by atoms with Crippen LogP contribution >= 0.6 is 31.9 Å². The predicted molar refractivity (Wildman–Crippen MR) is 81.3 cm³/mol. The first-order valence-corrected chi connectivity index (χ1v) is 8.58. The summed E-state index contributed by atoms with van der Waals surface area (Å²) < 4.78 is 23.9. The molecule has 0 unspecified atom stereocenters. The Morgan fingerprint density at radius 3 is 2.26 bits per heavy atom. The third-order valence-electron chi connectivity index (χ3n) is 2.63. The van der Waals surface area contributed by atoms with E-state index in [9.17, 15) is 8.42 Å². The predicted octanol–water partition coefficient (Wildman–Crippen LogP) is 3.16. The summed E-state index contributed by atoms with van der Waals surface area (Å²) in [4.78, 5) is 5.21. The normalized spacial score (nSPS) is 18.8. The molecule has 0 radical (unpaired) electrons. The Hall–Kier alpha value is -0.370. The minimum Gasteiger partial charge on any atom is -0.265 e. The van der Waals surface area contributed by atoms with Gasteiger partial charge >= 0.3 is 0 Å². The van der Waals surface area contributed by atoms with Gasteiger partial charge in [0.1, 0.15) is 5.60 Å². The van der Waals surface area contributed by atoms with Crippen LogP contribution in [0.5, 0.6) is 0 Å². The van der Waals surface area contributed by atoms with Crippen LogP contribution in [0.3, 0.4) is 0 Å². The number of hydrogen-bond donors (Lipinski definition) is 1. The molecular weight excluding hydrogens is 398 g/mol. The topological polar surface area (TPSA) is 55.4 Å². The highest BCUT2D eigenvalue weighted by atomic mass is 79.9. The molecule has 1 aliphatic heterocycles. The van der Waals surface area contributed by atoms with E-state index in [1.165, 1.54) is 0 Å². The molecule has 0 aliphatic carbocycles. The first kappa shape index (κ1) is 15.0. The molecule has 7 heteroatoms. The first-order valence-electron chi connectivity index (χ1n) is 5.52. The Balaban J connectivity index is 2.46. The minimum absolute atomic E-state index is 0.0371. The Morgan fingerprint density at radius 2 is 1.79 bits per heavy atom. The number of alkyl halides is 2. The fraction of sp³-hybridized carbons (Fsp3) is 0.333. The zero-order chi connectivity index (χ0) is 14.3. The van der Waals surface area contributed by atoms with E-state index in [0.29, 0.717) is 5.56 Å². The Labute approximate surface area is 129 Å². The van der Waals surface area contributed by atoms with Crippen LogP contribution in [0.25, 0.3) is 0 Å². The highest BCUT2D eigenvalue weighted by Gasteiger charge is 2.46. The van der Waals surface area contributed by atoms with Crippen molar-refractivity contribution in [2.24, 2.45) is 0 Å². The number of hydroxylamine groups is 1. The van der Waals surface area contributed by atoms with Crippen LogP contribution in [0.1, 0.15) is 19.4 Å². The van der Waals surface area contributed by atoms with Crippen LogP contribution in [-0.4, -0.2) is 14.0 Å². The van der Waals surface area contributed by atoms with Gasteiger partial charge in [0.15, 0.2) is 5.03 Å². The van der Waals surface area contributed by atoms with Crippen LogP contribution in [0, 0.1) is 0 Å². The number of hydrogen-bond acceptors (Lipinski definition) is 4. The summed E-state index contributed by atoms with van der Waals surface area (Å²) in [7, 11) is -3.70. The van der Waals surface area contributed by atoms with E-state index in [2.05, 4.69) is 37.3 Å². The second-order valence-corrected chi connectivity index (χ2v) is 11.3. The van der Waals surface area contributed by atoms with E-state index in [1.54, 1.807) is 44.2 Å². The van der Waals surface area contributed by atoms with Gasteiger partial charge in [-0.05, 0) is 57.3 Å². The van der Waals surface area contributed by atoms with Crippen LogP contribution in [-0.2, 0) is 17.2 Å². The molecule has 1 aromatic carbocycles. The number of benzene rings is 1. The van der Waals surface area contributed by atoms with Crippen molar-refractivity contribution < 1.29 is 13.3 Å². The van der Waals surface area contributed by atoms with Crippen molar-refractivity contribution in [3.05, 3.63) is 47.0 Å². The van der Waals surface area contributed by atoms with E-state index in [1.807, 2.05) is 6.07 Å². The van der Waals surface area contributed by atoms with E-state index >= 15 is 0 Å². The fourth-order valence-corrected chi connectivity index (χ4v) is 4.50. The molecule has 0 fully saturated rings. The van der Waals surface area contributed by atoms with E-state index < -0.39 is 18.0 Å². The van der Waals surface area contributed by atoms with Gasteiger partial charge in [-0.25, -0.2) is 8.42 Å². The van der Waals surface area contributed by atoms with Gasteiger partial charge in [0.2, 0.25) is 12.4 Å². The van der Waals surface area contributed by atoms with E-state index in [0.717, 1.165) is 0 Å². The number of nitrogens with one attached hydrogen (secondary N) is 1. The maximum atomic E-state index is 12.6. The first-order chi connectivity index (χ1) is 8.67. The standard InChI is InChI=1S/C12H13Br2NO3S/c1-11(2)8-10(15-18-11)19(16,17)12(13,14)9-6-4-3-5-7-9/h3-8,15H,1-2H3. The Morgan fingerprint density at radius 1 is 1.21 bits per heavy atom. The molecule has 1 heterocycles. The molecular formula is C12H13Br2NO3S. The van der Waals surface area contributed by atoms with Crippen molar-refractivity contribution in [1.29, 1.82) is 0 Å². The molecule has 0 atom stereocenters. The van der Waals surface area contributed by atoms with Gasteiger partial charge in [0.05, 0.1) is 0 Å². The SMILES string of the molecule is CC1(C)C=C(S(=O)(=O)C(Br)(Br)c2ccccc2)NO1. The molecule has 1 aliphatic rings. The molecule has 1 aromatic rings. The van der Waals surface area contributed by atoms with Crippen LogP contribution in [0.2, 0.25) is 0 Å². The third kappa shape index (κ3) is 2.74. The van der Waals surface area contributed by atoms with E-state index in [-0.39, 0.29) is 5.03 Å². The molecule has 0 bridgehead atoms. The summed E-state index contributed by atoms with van der Waals surface area (Å²) in [6.07, 6.45) is 1.54. The van der Waals surface area contributed by atoms with Gasteiger partial charge in [-0.2, -0.15) is 0 Å². The lowest BCUT2D eigenvalue weighted by Gasteiger charge is -2.21. The summed E-state index contributed by atoms with van der Waals surface area (Å²) in [5, 5.41) is 0.0371. The molecule has 104 valence electrons. The van der Waals surface area contributed by atoms with Crippen molar-refractivity contribution in [1.82, 2.24) is 5.48 Å². The summed E-state index contributed by atoms with van der Waals surface area (Å²) in [6.45, 7) is 3.55. The zero-order valence-corrected chi connectivity index (χ0v) is 14.3. The highest BCUT2D eigenvalue weighted by Crippen LogP contribution is 2.47. The highest BCUT2D eigenvalue weighted by molar-refractivity contribution is 9.27. The largest absolute Gasteiger partial charge is 0.265 e.